The first-order chi connectivity index (χ1) is 21.9. The van der Waals surface area contributed by atoms with E-state index in [0.29, 0.717) is 0 Å². The van der Waals surface area contributed by atoms with Gasteiger partial charge < -0.3 is 0 Å². The first-order valence-corrected chi connectivity index (χ1v) is 16.2. The van der Waals surface area contributed by atoms with Crippen LogP contribution >= 0.6 is 23.1 Å². The molecular formula is C35H21ClF4O4S2. The smallest absolute Gasteiger partial charge is 0.222 e. The summed E-state index contributed by atoms with van der Waals surface area (Å²) in [5, 5.41) is 0. The summed E-state index contributed by atoms with van der Waals surface area (Å²) >= 11 is 3.07. The van der Waals surface area contributed by atoms with Crippen molar-refractivity contribution in [1.29, 1.82) is 0 Å². The molecule has 0 saturated heterocycles. The van der Waals surface area contributed by atoms with E-state index in [-0.39, 0.29) is 23.3 Å². The average molecular weight is 681 g/mol. The molecule has 1 aliphatic rings. The molecule has 1 aliphatic heterocycles. The van der Waals surface area contributed by atoms with E-state index in [1.54, 1.807) is 48.5 Å². The predicted molar refractivity (Wildman–Crippen MR) is 164 cm³/mol. The molecule has 0 amide bonds. The summed E-state index contributed by atoms with van der Waals surface area (Å²) in [7, 11) is -4.94. The van der Waals surface area contributed by atoms with Crippen LogP contribution in [0.15, 0.2) is 127 Å². The van der Waals surface area contributed by atoms with Gasteiger partial charge in [0.15, 0.2) is 0 Å². The molecular weight excluding hydrogens is 660 g/mol. The van der Waals surface area contributed by atoms with Gasteiger partial charge in [-0.3, -0.25) is 0 Å². The Kier molecular flexibility index (Phi) is 10.5. The maximum Gasteiger partial charge on any atom is 0.239 e. The molecule has 0 bridgehead atoms. The predicted octanol–water partition coefficient (Wildman–Crippen LogP) is 6.38. The second-order valence-electron chi connectivity index (χ2n) is 9.79. The molecule has 232 valence electrons. The monoisotopic (exact) mass is 680 g/mol. The summed E-state index contributed by atoms with van der Waals surface area (Å²) in [6.45, 7) is 0. The van der Waals surface area contributed by atoms with Crippen LogP contribution in [0.1, 0.15) is 16.7 Å². The lowest BCUT2D eigenvalue weighted by Gasteiger charge is -2.17. The maximum absolute atomic E-state index is 13.7. The second-order valence-corrected chi connectivity index (χ2v) is 12.7. The zero-order chi connectivity index (χ0) is 32.8. The van der Waals surface area contributed by atoms with Crippen molar-refractivity contribution in [3.63, 3.8) is 0 Å². The molecule has 0 spiro atoms. The lowest BCUT2D eigenvalue weighted by Crippen LogP contribution is -2.68. The maximum atomic E-state index is 13.7. The normalized spacial score (nSPS) is 12.9. The molecule has 0 radical (unpaired) electrons. The van der Waals surface area contributed by atoms with Crippen molar-refractivity contribution in [2.45, 2.75) is 0 Å². The third kappa shape index (κ3) is 9.44. The highest BCUT2D eigenvalue weighted by molar-refractivity contribution is 8.16. The highest BCUT2D eigenvalue weighted by Gasteiger charge is 2.20. The summed E-state index contributed by atoms with van der Waals surface area (Å²) in [4.78, 5) is 3.70. The molecule has 0 N–H and O–H groups in total. The summed E-state index contributed by atoms with van der Waals surface area (Å²) in [6, 6.07) is 29.4. The van der Waals surface area contributed by atoms with Crippen LogP contribution in [0.25, 0.3) is 36.8 Å². The van der Waals surface area contributed by atoms with Gasteiger partial charge in [0.2, 0.25) is 21.1 Å². The van der Waals surface area contributed by atoms with Crippen molar-refractivity contribution in [3.8, 4) is 20.9 Å². The van der Waals surface area contributed by atoms with Gasteiger partial charge in [0.05, 0.1) is 0 Å². The zero-order valence-electron chi connectivity index (χ0n) is 23.5. The van der Waals surface area contributed by atoms with E-state index in [1.807, 2.05) is 30.4 Å². The van der Waals surface area contributed by atoms with Crippen molar-refractivity contribution in [2.24, 2.45) is 0 Å². The van der Waals surface area contributed by atoms with Gasteiger partial charge in [-0.05, 0) is 113 Å². The number of hydrogen-bond donors (Lipinski definition) is 0. The van der Waals surface area contributed by atoms with Crippen LogP contribution in [0.4, 0.5) is 17.6 Å². The van der Waals surface area contributed by atoms with Gasteiger partial charge in [0.1, 0.15) is 23.3 Å². The number of allylic oxidation sites excluding steroid dienone is 3. The van der Waals surface area contributed by atoms with Crippen molar-refractivity contribution < 1.29 is 46.4 Å². The number of halogens is 5. The van der Waals surface area contributed by atoms with Crippen LogP contribution in [-0.2, 0) is 0 Å². The van der Waals surface area contributed by atoms with E-state index < -0.39 is 10.2 Å². The Balaban J connectivity index is 0.000000775. The quantitative estimate of drug-likeness (QED) is 0.159. The topological polar surface area (TPSA) is 92.2 Å². The highest BCUT2D eigenvalue weighted by atomic mass is 35.7. The lowest BCUT2D eigenvalue weighted by atomic mass is 10.0. The SMILES string of the molecule is Fc1ccc(C2=CC(=Cc3cc(-c4ccc(F)cc4)[s+]c(-c4ccc(F)cc4)c3)C=C(c3ccc(F)cc3)S2)cc1.[O-][Cl+3]([O-])([O-])[O-]. The minimum absolute atomic E-state index is 0.313. The van der Waals surface area contributed by atoms with Gasteiger partial charge in [-0.15, -0.1) is 10.2 Å². The van der Waals surface area contributed by atoms with Crippen LogP contribution < -0.4 is 18.6 Å². The van der Waals surface area contributed by atoms with E-state index in [2.05, 4.69) is 0 Å². The fourth-order valence-corrected chi connectivity index (χ4v) is 6.70. The Labute approximate surface area is 272 Å². The van der Waals surface area contributed by atoms with Gasteiger partial charge in [-0.2, -0.15) is 0 Å². The molecule has 1 aromatic heterocycles. The van der Waals surface area contributed by atoms with E-state index in [0.717, 1.165) is 53.0 Å². The summed E-state index contributed by atoms with van der Waals surface area (Å²) in [5.74, 6) is -1.25. The molecule has 0 fully saturated rings. The number of benzene rings is 4. The Hall–Kier alpha value is -4.13. The van der Waals surface area contributed by atoms with E-state index in [1.165, 1.54) is 71.6 Å². The van der Waals surface area contributed by atoms with Crippen LogP contribution in [0, 0.1) is 33.5 Å². The van der Waals surface area contributed by atoms with Gasteiger partial charge in [-0.1, -0.05) is 36.0 Å². The Morgan fingerprint density at radius 2 is 0.804 bits per heavy atom. The van der Waals surface area contributed by atoms with Crippen molar-refractivity contribution in [1.82, 2.24) is 0 Å². The van der Waals surface area contributed by atoms with Crippen molar-refractivity contribution >= 4 is 39.0 Å². The van der Waals surface area contributed by atoms with Gasteiger partial charge in [0.25, 0.3) is 0 Å². The molecule has 0 saturated carbocycles. The number of rotatable bonds is 5. The van der Waals surface area contributed by atoms with Crippen molar-refractivity contribution in [3.05, 3.63) is 167 Å². The summed E-state index contributed by atoms with van der Waals surface area (Å²) < 4.78 is 88.7. The first-order valence-electron chi connectivity index (χ1n) is 13.4. The summed E-state index contributed by atoms with van der Waals surface area (Å²) in [6.07, 6.45) is 6.12. The minimum atomic E-state index is -4.94. The lowest BCUT2D eigenvalue weighted by molar-refractivity contribution is -2.00. The third-order valence-corrected chi connectivity index (χ3v) is 8.77. The zero-order valence-corrected chi connectivity index (χ0v) is 25.9. The highest BCUT2D eigenvalue weighted by Crippen LogP contribution is 2.45. The molecule has 11 heteroatoms. The molecule has 46 heavy (non-hydrogen) atoms. The Morgan fingerprint density at radius 1 is 0.500 bits per heavy atom. The van der Waals surface area contributed by atoms with Crippen LogP contribution in [0.2, 0.25) is 0 Å². The molecule has 5 aromatic rings. The van der Waals surface area contributed by atoms with E-state index in [4.69, 9.17) is 18.6 Å². The molecule has 6 rings (SSSR count). The molecule has 0 unspecified atom stereocenters. The second kappa shape index (κ2) is 14.5. The molecule has 2 heterocycles. The van der Waals surface area contributed by atoms with Gasteiger partial charge in [-0.25, -0.2) is 36.2 Å². The van der Waals surface area contributed by atoms with E-state index >= 15 is 0 Å². The third-order valence-electron chi connectivity index (χ3n) is 6.48. The summed E-state index contributed by atoms with van der Waals surface area (Å²) in [5.41, 5.74) is 5.25. The Bertz CT molecular complexity index is 1790. The fraction of sp³-hybridized carbons (Fsp3) is 0. The van der Waals surface area contributed by atoms with Gasteiger partial charge >= 0.3 is 0 Å². The molecule has 4 nitrogen and oxygen atoms in total. The Morgan fingerprint density at radius 3 is 1.13 bits per heavy atom. The van der Waals surface area contributed by atoms with E-state index in [9.17, 15) is 17.6 Å². The molecule has 4 aromatic carbocycles. The van der Waals surface area contributed by atoms with Crippen LogP contribution in [0.3, 0.4) is 0 Å². The molecule has 0 aliphatic carbocycles. The fourth-order valence-electron chi connectivity index (χ4n) is 4.43. The molecule has 0 atom stereocenters. The standard InChI is InChI=1S/C35H21F4S2.ClHO4/c36-28-9-1-24(2-10-28)32-18-22(19-33(40-32)25-3-11-29(37)12-4-25)17-23-20-34(26-5-13-30(38)14-6-26)41-35(21-23)27-7-15-31(39)16-8-27;2-1(3,4)5/h1-21H;(H,2,3,4,5)/q+1;/p-1. The van der Waals surface area contributed by atoms with Crippen LogP contribution in [0.5, 0.6) is 0 Å². The van der Waals surface area contributed by atoms with Gasteiger partial charge in [0, 0.05) is 33.1 Å². The number of thioether (sulfide) groups is 1. The first kappa shape index (κ1) is 33.2. The number of hydrogen-bond acceptors (Lipinski definition) is 5. The van der Waals surface area contributed by atoms with Crippen LogP contribution in [-0.4, -0.2) is 0 Å². The van der Waals surface area contributed by atoms with Crippen molar-refractivity contribution in [2.75, 3.05) is 0 Å². The largest absolute Gasteiger partial charge is 0.239 e. The minimum Gasteiger partial charge on any atom is -0.222 e. The average Bonchev–Trinajstić information content (AvgIpc) is 3.01.